The van der Waals surface area contributed by atoms with Gasteiger partial charge in [0, 0.05) is 36.9 Å². The Kier molecular flexibility index (Phi) is 7.17. The molecule has 2 aromatic carbocycles. The number of nitrogens with zero attached hydrogens (tertiary/aromatic N) is 1. The molecule has 0 spiro atoms. The van der Waals surface area contributed by atoms with Gasteiger partial charge in [0.15, 0.2) is 0 Å². The van der Waals surface area contributed by atoms with Crippen LogP contribution < -0.4 is 10.1 Å². The van der Waals surface area contributed by atoms with Crippen molar-refractivity contribution in [3.63, 3.8) is 0 Å². The van der Waals surface area contributed by atoms with Crippen molar-refractivity contribution in [2.75, 3.05) is 39.7 Å². The first kappa shape index (κ1) is 19.9. The van der Waals surface area contributed by atoms with Gasteiger partial charge in [0.25, 0.3) is 11.8 Å². The van der Waals surface area contributed by atoms with Gasteiger partial charge < -0.3 is 19.7 Å². The smallest absolute Gasteiger partial charge is 0.259 e. The lowest BCUT2D eigenvalue weighted by Gasteiger charge is -2.14. The minimum absolute atomic E-state index is 0.132. The zero-order valence-corrected chi connectivity index (χ0v) is 16.5. The fraction of sp³-hybridized carbons (Fsp3) is 0.263. The molecule has 0 fully saturated rings. The first-order valence-electron chi connectivity index (χ1n) is 7.96. The van der Waals surface area contributed by atoms with E-state index < -0.39 is 0 Å². The highest BCUT2D eigenvalue weighted by Gasteiger charge is 2.15. The first-order valence-corrected chi connectivity index (χ1v) is 8.76. The second-order valence-electron chi connectivity index (χ2n) is 5.72. The lowest BCUT2D eigenvalue weighted by atomic mass is 10.1. The Balaban J connectivity index is 2.21. The minimum atomic E-state index is -0.326. The van der Waals surface area contributed by atoms with Crippen molar-refractivity contribution < 1.29 is 19.1 Å². The maximum Gasteiger partial charge on any atom is 0.259 e. The van der Waals surface area contributed by atoms with Crippen molar-refractivity contribution in [3.8, 4) is 5.75 Å². The molecule has 0 unspecified atom stereocenters. The molecule has 0 radical (unpaired) electrons. The van der Waals surface area contributed by atoms with Gasteiger partial charge >= 0.3 is 0 Å². The molecule has 2 rings (SSSR count). The van der Waals surface area contributed by atoms with Gasteiger partial charge in [0.2, 0.25) is 0 Å². The van der Waals surface area contributed by atoms with Gasteiger partial charge in [0.05, 0.1) is 12.2 Å². The van der Waals surface area contributed by atoms with Crippen molar-refractivity contribution >= 4 is 33.4 Å². The van der Waals surface area contributed by atoms with Gasteiger partial charge in [-0.25, -0.2) is 0 Å². The zero-order chi connectivity index (χ0) is 19.1. The van der Waals surface area contributed by atoms with E-state index in [-0.39, 0.29) is 11.8 Å². The first-order chi connectivity index (χ1) is 12.4. The second kappa shape index (κ2) is 9.35. The van der Waals surface area contributed by atoms with Crippen molar-refractivity contribution in [2.45, 2.75) is 0 Å². The summed E-state index contributed by atoms with van der Waals surface area (Å²) in [6, 6.07) is 12.0. The number of carbonyl (C=O) groups is 2. The number of amides is 2. The predicted octanol–water partition coefficient (Wildman–Crippen LogP) is 3.43. The maximum atomic E-state index is 12.7. The number of rotatable bonds is 7. The van der Waals surface area contributed by atoms with E-state index in [1.165, 1.54) is 4.90 Å². The van der Waals surface area contributed by atoms with E-state index in [9.17, 15) is 9.59 Å². The molecule has 0 aliphatic heterocycles. The molecule has 0 heterocycles. The number of methoxy groups -OCH3 is 1. The van der Waals surface area contributed by atoms with Crippen molar-refractivity contribution in [1.82, 2.24) is 4.90 Å². The third-order valence-electron chi connectivity index (χ3n) is 3.50. The summed E-state index contributed by atoms with van der Waals surface area (Å²) in [5, 5.41) is 2.81. The van der Waals surface area contributed by atoms with E-state index in [0.717, 1.165) is 4.47 Å². The molecule has 0 atom stereocenters. The van der Waals surface area contributed by atoms with E-state index >= 15 is 0 Å². The lowest BCUT2D eigenvalue weighted by Crippen LogP contribution is -2.22. The number of carbonyl (C=O) groups excluding carboxylic acids is 2. The van der Waals surface area contributed by atoms with Gasteiger partial charge in [-0.05, 0) is 36.4 Å². The van der Waals surface area contributed by atoms with Crippen LogP contribution in [-0.2, 0) is 4.74 Å². The Hall–Kier alpha value is -2.38. The number of nitrogens with one attached hydrogen (secondary N) is 1. The van der Waals surface area contributed by atoms with Crippen molar-refractivity contribution in [3.05, 3.63) is 58.1 Å². The zero-order valence-electron chi connectivity index (χ0n) is 14.9. The predicted molar refractivity (Wildman–Crippen MR) is 104 cm³/mol. The van der Waals surface area contributed by atoms with Gasteiger partial charge in [0.1, 0.15) is 12.4 Å². The van der Waals surface area contributed by atoms with Gasteiger partial charge in [-0.15, -0.1) is 0 Å². The third kappa shape index (κ3) is 5.31. The van der Waals surface area contributed by atoms with Crippen LogP contribution in [0.1, 0.15) is 20.7 Å². The van der Waals surface area contributed by atoms with E-state index in [0.29, 0.717) is 35.8 Å². The van der Waals surface area contributed by atoms with E-state index in [2.05, 4.69) is 21.2 Å². The average molecular weight is 421 g/mol. The number of anilines is 1. The van der Waals surface area contributed by atoms with Gasteiger partial charge in [-0.3, -0.25) is 9.59 Å². The summed E-state index contributed by atoms with van der Waals surface area (Å²) < 4.78 is 11.3. The summed E-state index contributed by atoms with van der Waals surface area (Å²) in [5.74, 6) is 0.00332. The molecule has 0 saturated heterocycles. The second-order valence-corrected chi connectivity index (χ2v) is 6.63. The van der Waals surface area contributed by atoms with Crippen LogP contribution in [0.4, 0.5) is 5.69 Å². The molecule has 2 amide bonds. The van der Waals surface area contributed by atoms with Crippen LogP contribution in [0.2, 0.25) is 0 Å². The minimum Gasteiger partial charge on any atom is -0.490 e. The molecule has 138 valence electrons. The maximum absolute atomic E-state index is 12.7. The molecule has 1 N–H and O–H groups in total. The summed E-state index contributed by atoms with van der Waals surface area (Å²) in [6.07, 6.45) is 0. The molecule has 0 aromatic heterocycles. The van der Waals surface area contributed by atoms with Crippen molar-refractivity contribution in [1.29, 1.82) is 0 Å². The number of ether oxygens (including phenoxy) is 2. The summed E-state index contributed by atoms with van der Waals surface area (Å²) >= 11 is 3.37. The number of benzene rings is 2. The van der Waals surface area contributed by atoms with Gasteiger partial charge in [-0.2, -0.15) is 0 Å². The molecule has 26 heavy (non-hydrogen) atoms. The molecular formula is C19H21BrN2O4. The number of hydrogen-bond donors (Lipinski definition) is 1. The largest absolute Gasteiger partial charge is 0.490 e. The molecule has 2 aromatic rings. The molecule has 6 nitrogen and oxygen atoms in total. The summed E-state index contributed by atoms with van der Waals surface area (Å²) in [5.41, 5.74) is 1.42. The Morgan fingerprint density at radius 1 is 1.12 bits per heavy atom. The van der Waals surface area contributed by atoms with Crippen LogP contribution in [0.25, 0.3) is 0 Å². The van der Waals surface area contributed by atoms with Crippen LogP contribution in [0.5, 0.6) is 5.75 Å². The van der Waals surface area contributed by atoms with Crippen LogP contribution in [-0.4, -0.2) is 51.1 Å². The summed E-state index contributed by atoms with van der Waals surface area (Å²) in [4.78, 5) is 26.3. The molecule has 0 aliphatic rings. The van der Waals surface area contributed by atoms with Crippen LogP contribution >= 0.6 is 15.9 Å². The number of hydrogen-bond acceptors (Lipinski definition) is 4. The molecule has 0 saturated carbocycles. The summed E-state index contributed by atoms with van der Waals surface area (Å²) in [7, 11) is 4.94. The SMILES string of the molecule is COCCOc1ccc(Br)cc1C(=O)Nc1cccc(C(=O)N(C)C)c1. The van der Waals surface area contributed by atoms with E-state index in [4.69, 9.17) is 9.47 Å². The lowest BCUT2D eigenvalue weighted by molar-refractivity contribution is 0.0827. The quantitative estimate of drug-likeness (QED) is 0.696. The normalized spacial score (nSPS) is 10.3. The Morgan fingerprint density at radius 3 is 2.58 bits per heavy atom. The van der Waals surface area contributed by atoms with Crippen LogP contribution in [0.3, 0.4) is 0 Å². The molecule has 0 aliphatic carbocycles. The third-order valence-corrected chi connectivity index (χ3v) is 4.00. The highest BCUT2D eigenvalue weighted by molar-refractivity contribution is 9.10. The molecular weight excluding hydrogens is 400 g/mol. The van der Waals surface area contributed by atoms with Gasteiger partial charge in [-0.1, -0.05) is 22.0 Å². The highest BCUT2D eigenvalue weighted by atomic mass is 79.9. The van der Waals surface area contributed by atoms with Crippen LogP contribution in [0.15, 0.2) is 46.9 Å². The average Bonchev–Trinajstić information content (AvgIpc) is 2.62. The molecule has 0 bridgehead atoms. The fourth-order valence-electron chi connectivity index (χ4n) is 2.23. The van der Waals surface area contributed by atoms with Crippen molar-refractivity contribution in [2.24, 2.45) is 0 Å². The standard InChI is InChI=1S/C19H21BrN2O4/c1-22(2)19(24)13-5-4-6-15(11-13)21-18(23)16-12-14(20)7-8-17(16)26-10-9-25-3/h4-8,11-12H,9-10H2,1-3H3,(H,21,23). The van der Waals surface area contributed by atoms with E-state index in [1.807, 2.05) is 0 Å². The number of halogens is 1. The Bertz CT molecular complexity index is 793. The monoisotopic (exact) mass is 420 g/mol. The Labute approximate surface area is 161 Å². The van der Waals surface area contributed by atoms with Crippen LogP contribution in [0, 0.1) is 0 Å². The highest BCUT2D eigenvalue weighted by Crippen LogP contribution is 2.24. The Morgan fingerprint density at radius 2 is 1.88 bits per heavy atom. The topological polar surface area (TPSA) is 67.9 Å². The fourth-order valence-corrected chi connectivity index (χ4v) is 2.59. The summed E-state index contributed by atoms with van der Waals surface area (Å²) in [6.45, 7) is 0.761. The van der Waals surface area contributed by atoms with E-state index in [1.54, 1.807) is 63.7 Å². The molecule has 7 heteroatoms.